The molecule has 0 radical (unpaired) electrons. The fraction of sp³-hybridized carbons (Fsp3) is 0.300. The lowest BCUT2D eigenvalue weighted by atomic mass is 10.1. The van der Waals surface area contributed by atoms with Gasteiger partial charge in [0, 0.05) is 31.7 Å². The van der Waals surface area contributed by atoms with Crippen molar-refractivity contribution in [2.24, 2.45) is 0 Å². The maximum Gasteiger partial charge on any atom is 0.257 e. The molecule has 2 N–H and O–H groups in total. The van der Waals surface area contributed by atoms with Gasteiger partial charge in [-0.25, -0.2) is 0 Å². The van der Waals surface area contributed by atoms with Gasteiger partial charge in [0.05, 0.1) is 16.4 Å². The third-order valence-corrected chi connectivity index (χ3v) is 5.07. The van der Waals surface area contributed by atoms with Crippen molar-refractivity contribution in [3.63, 3.8) is 0 Å². The molecule has 1 aliphatic rings. The van der Waals surface area contributed by atoms with Crippen molar-refractivity contribution in [1.82, 2.24) is 10.2 Å². The summed E-state index contributed by atoms with van der Waals surface area (Å²) in [5.74, 6) is -0.237. The van der Waals surface area contributed by atoms with E-state index in [0.717, 1.165) is 43.1 Å². The molecule has 27 heavy (non-hydrogen) atoms. The lowest BCUT2D eigenvalue weighted by Gasteiger charge is -2.35. The van der Waals surface area contributed by atoms with Crippen LogP contribution < -0.4 is 15.5 Å². The Morgan fingerprint density at radius 2 is 1.81 bits per heavy atom. The van der Waals surface area contributed by atoms with Gasteiger partial charge in [-0.05, 0) is 50.5 Å². The van der Waals surface area contributed by atoms with Crippen LogP contribution in [0.25, 0.3) is 0 Å². The summed E-state index contributed by atoms with van der Waals surface area (Å²) >= 11 is 11.8. The van der Waals surface area contributed by atoms with Crippen LogP contribution >= 0.6 is 23.8 Å². The maximum absolute atomic E-state index is 12.4. The molecule has 0 spiro atoms. The first kappa shape index (κ1) is 19.6. The zero-order valence-electron chi connectivity index (χ0n) is 15.5. The Kier molecular flexibility index (Phi) is 6.31. The van der Waals surface area contributed by atoms with Crippen LogP contribution in [0.4, 0.5) is 11.4 Å². The molecule has 3 rings (SSSR count). The Balaban J connectivity index is 1.72. The number of likely N-dealkylation sites (N-methyl/N-ethyl adjacent to an activating group) is 1. The molecule has 7 heteroatoms. The highest BCUT2D eigenvalue weighted by Gasteiger charge is 2.20. The van der Waals surface area contributed by atoms with Crippen LogP contribution in [0.15, 0.2) is 42.5 Å². The van der Waals surface area contributed by atoms with Crippen LogP contribution in [0.2, 0.25) is 5.02 Å². The van der Waals surface area contributed by atoms with Gasteiger partial charge in [-0.3, -0.25) is 10.1 Å². The van der Waals surface area contributed by atoms with Crippen molar-refractivity contribution >= 4 is 46.2 Å². The van der Waals surface area contributed by atoms with Gasteiger partial charge in [-0.1, -0.05) is 35.4 Å². The van der Waals surface area contributed by atoms with E-state index >= 15 is 0 Å². The van der Waals surface area contributed by atoms with E-state index in [1.54, 1.807) is 6.07 Å². The first-order valence-corrected chi connectivity index (χ1v) is 9.63. The number of anilines is 2. The minimum Gasteiger partial charge on any atom is -0.366 e. The van der Waals surface area contributed by atoms with Crippen LogP contribution in [-0.2, 0) is 0 Å². The molecule has 5 nitrogen and oxygen atoms in total. The second kappa shape index (κ2) is 8.69. The fourth-order valence-corrected chi connectivity index (χ4v) is 3.58. The monoisotopic (exact) mass is 402 g/mol. The summed E-state index contributed by atoms with van der Waals surface area (Å²) in [5, 5.41) is 6.79. The van der Waals surface area contributed by atoms with Crippen molar-refractivity contribution in [2.45, 2.75) is 6.92 Å². The number of hydrogen-bond donors (Lipinski definition) is 2. The molecule has 0 aromatic heterocycles. The first-order valence-electron chi connectivity index (χ1n) is 8.85. The number of rotatable bonds is 3. The SMILES string of the molecule is Cc1cccc(C(=O)NC(=S)Nc2cccc(Cl)c2N2CCN(C)CC2)c1. The Morgan fingerprint density at radius 3 is 2.52 bits per heavy atom. The third kappa shape index (κ3) is 4.97. The topological polar surface area (TPSA) is 47.6 Å². The van der Waals surface area contributed by atoms with E-state index in [9.17, 15) is 4.79 Å². The van der Waals surface area contributed by atoms with Crippen molar-refractivity contribution in [2.75, 3.05) is 43.4 Å². The molecular formula is C20H23ClN4OS. The highest BCUT2D eigenvalue weighted by Crippen LogP contribution is 2.34. The molecule has 2 aromatic carbocycles. The molecule has 0 bridgehead atoms. The van der Waals surface area contributed by atoms with Crippen molar-refractivity contribution in [1.29, 1.82) is 0 Å². The number of carbonyl (C=O) groups is 1. The van der Waals surface area contributed by atoms with Crippen LogP contribution in [0.5, 0.6) is 0 Å². The second-order valence-electron chi connectivity index (χ2n) is 6.70. The largest absolute Gasteiger partial charge is 0.366 e. The molecule has 1 amide bonds. The average molecular weight is 403 g/mol. The van der Waals surface area contributed by atoms with Gasteiger partial charge in [0.2, 0.25) is 0 Å². The number of amides is 1. The van der Waals surface area contributed by atoms with E-state index in [4.69, 9.17) is 23.8 Å². The van der Waals surface area contributed by atoms with Crippen LogP contribution in [0.1, 0.15) is 15.9 Å². The molecule has 2 aromatic rings. The third-order valence-electron chi connectivity index (χ3n) is 4.56. The average Bonchev–Trinajstić information content (AvgIpc) is 2.63. The highest BCUT2D eigenvalue weighted by molar-refractivity contribution is 7.80. The molecular weight excluding hydrogens is 380 g/mol. The minimum absolute atomic E-state index is 0.237. The number of hydrogen-bond acceptors (Lipinski definition) is 4. The summed E-state index contributed by atoms with van der Waals surface area (Å²) in [6.07, 6.45) is 0. The molecule has 0 aliphatic carbocycles. The minimum atomic E-state index is -0.237. The molecule has 0 unspecified atom stereocenters. The van der Waals surface area contributed by atoms with Crippen LogP contribution in [0, 0.1) is 6.92 Å². The number of aryl methyl sites for hydroxylation is 1. The summed E-state index contributed by atoms with van der Waals surface area (Å²) in [6.45, 7) is 5.66. The molecule has 0 atom stereocenters. The predicted molar refractivity (Wildman–Crippen MR) is 116 cm³/mol. The van der Waals surface area contributed by atoms with E-state index < -0.39 is 0 Å². The number of carbonyl (C=O) groups excluding carboxylic acids is 1. The van der Waals surface area contributed by atoms with E-state index in [1.807, 2.05) is 43.3 Å². The second-order valence-corrected chi connectivity index (χ2v) is 7.52. The van der Waals surface area contributed by atoms with Crippen molar-refractivity contribution < 1.29 is 4.79 Å². The van der Waals surface area contributed by atoms with Crippen LogP contribution in [-0.4, -0.2) is 49.1 Å². The van der Waals surface area contributed by atoms with Crippen molar-refractivity contribution in [3.05, 3.63) is 58.6 Å². The number of benzene rings is 2. The van der Waals surface area contributed by atoms with Gasteiger partial charge in [0.1, 0.15) is 0 Å². The quantitative estimate of drug-likeness (QED) is 0.769. The number of thiocarbonyl (C=S) groups is 1. The number of halogens is 1. The zero-order valence-corrected chi connectivity index (χ0v) is 17.0. The summed E-state index contributed by atoms with van der Waals surface area (Å²) < 4.78 is 0. The smallest absolute Gasteiger partial charge is 0.257 e. The predicted octanol–water partition coefficient (Wildman–Crippen LogP) is 3.53. The summed E-state index contributed by atoms with van der Waals surface area (Å²) in [4.78, 5) is 16.9. The van der Waals surface area contributed by atoms with Crippen LogP contribution in [0.3, 0.4) is 0 Å². The Morgan fingerprint density at radius 1 is 1.11 bits per heavy atom. The van der Waals surface area contributed by atoms with E-state index in [-0.39, 0.29) is 11.0 Å². The van der Waals surface area contributed by atoms with Gasteiger partial charge < -0.3 is 15.1 Å². The molecule has 1 saturated heterocycles. The van der Waals surface area contributed by atoms with Gasteiger partial charge in [-0.2, -0.15) is 0 Å². The molecule has 142 valence electrons. The zero-order chi connectivity index (χ0) is 19.4. The van der Waals surface area contributed by atoms with E-state index in [2.05, 4.69) is 27.5 Å². The summed E-state index contributed by atoms with van der Waals surface area (Å²) in [5.41, 5.74) is 3.30. The number of para-hydroxylation sites is 1. The number of piperazine rings is 1. The standard InChI is InChI=1S/C20H23ClN4OS/c1-14-5-3-6-15(13-14)19(26)23-20(27)22-17-8-4-7-16(21)18(17)25-11-9-24(2)10-12-25/h3-8,13H,9-12H2,1-2H3,(H2,22,23,26,27). The molecule has 1 aliphatic heterocycles. The molecule has 1 fully saturated rings. The Hall–Kier alpha value is -2.15. The number of nitrogens with one attached hydrogen (secondary N) is 2. The highest BCUT2D eigenvalue weighted by atomic mass is 35.5. The summed E-state index contributed by atoms with van der Waals surface area (Å²) in [7, 11) is 2.11. The van der Waals surface area contributed by atoms with Gasteiger partial charge in [0.15, 0.2) is 5.11 Å². The Labute approximate surface area is 170 Å². The van der Waals surface area contributed by atoms with E-state index in [1.165, 1.54) is 0 Å². The summed E-state index contributed by atoms with van der Waals surface area (Å²) in [6, 6.07) is 13.0. The van der Waals surface area contributed by atoms with Gasteiger partial charge in [-0.15, -0.1) is 0 Å². The number of nitrogens with zero attached hydrogens (tertiary/aromatic N) is 2. The van der Waals surface area contributed by atoms with E-state index in [0.29, 0.717) is 10.6 Å². The normalized spacial score (nSPS) is 14.7. The molecule has 0 saturated carbocycles. The van der Waals surface area contributed by atoms with Crippen molar-refractivity contribution in [3.8, 4) is 0 Å². The molecule has 1 heterocycles. The Bertz CT molecular complexity index is 850. The van der Waals surface area contributed by atoms with Gasteiger partial charge >= 0.3 is 0 Å². The first-order chi connectivity index (χ1) is 12.9. The maximum atomic E-state index is 12.4. The lowest BCUT2D eigenvalue weighted by Crippen LogP contribution is -2.45. The van der Waals surface area contributed by atoms with Gasteiger partial charge in [0.25, 0.3) is 5.91 Å². The lowest BCUT2D eigenvalue weighted by molar-refractivity contribution is 0.0977. The fourth-order valence-electron chi connectivity index (χ4n) is 3.08.